The Labute approximate surface area is 97.6 Å². The topological polar surface area (TPSA) is 68.9 Å². The first-order valence-electron chi connectivity index (χ1n) is 5.01. The fraction of sp³-hybridized carbons (Fsp3) is 0.250. The summed E-state index contributed by atoms with van der Waals surface area (Å²) in [6.07, 6.45) is 2.22. The number of aldehydes is 1. The summed E-state index contributed by atoms with van der Waals surface area (Å²) in [5, 5.41) is 10.7. The number of rotatable bonds is 4. The predicted octanol–water partition coefficient (Wildman–Crippen LogP) is 1.90. The van der Waals surface area contributed by atoms with Gasteiger partial charge in [0.1, 0.15) is 12.0 Å². The van der Waals surface area contributed by atoms with Crippen LogP contribution in [0.2, 0.25) is 0 Å². The molecule has 1 aromatic heterocycles. The summed E-state index contributed by atoms with van der Waals surface area (Å²) in [5.74, 6) is 0.515. The van der Waals surface area contributed by atoms with Crippen molar-refractivity contribution in [3.8, 4) is 17.2 Å². The zero-order valence-corrected chi connectivity index (χ0v) is 9.52. The van der Waals surface area contributed by atoms with E-state index in [1.54, 1.807) is 6.07 Å². The molecule has 0 spiro atoms. The van der Waals surface area contributed by atoms with Gasteiger partial charge < -0.3 is 23.8 Å². The summed E-state index contributed by atoms with van der Waals surface area (Å²) in [7, 11) is 2.90. The molecule has 5 nitrogen and oxygen atoms in total. The lowest BCUT2D eigenvalue weighted by Crippen LogP contribution is -1.97. The first-order chi connectivity index (χ1) is 8.24. The van der Waals surface area contributed by atoms with E-state index in [0.717, 1.165) is 0 Å². The van der Waals surface area contributed by atoms with E-state index in [9.17, 15) is 9.90 Å². The lowest BCUT2D eigenvalue weighted by atomic mass is 10.1. The van der Waals surface area contributed by atoms with E-state index in [0.29, 0.717) is 28.6 Å². The second-order valence-electron chi connectivity index (χ2n) is 3.43. The van der Waals surface area contributed by atoms with Gasteiger partial charge >= 0.3 is 0 Å². The molecule has 90 valence electrons. The van der Waals surface area contributed by atoms with Crippen molar-refractivity contribution in [2.24, 2.45) is 0 Å². The Morgan fingerprint density at radius 1 is 1.35 bits per heavy atom. The summed E-state index contributed by atoms with van der Waals surface area (Å²) in [6, 6.07) is 1.70. The van der Waals surface area contributed by atoms with Crippen molar-refractivity contribution in [3.63, 3.8) is 0 Å². The third-order valence-corrected chi connectivity index (χ3v) is 2.59. The molecule has 2 rings (SSSR count). The molecule has 17 heavy (non-hydrogen) atoms. The Morgan fingerprint density at radius 2 is 2.06 bits per heavy atom. The van der Waals surface area contributed by atoms with Crippen LogP contribution in [0.25, 0.3) is 11.0 Å². The molecule has 0 saturated heterocycles. The maximum atomic E-state index is 10.6. The molecular formula is C12H12O5. The monoisotopic (exact) mass is 236 g/mol. The van der Waals surface area contributed by atoms with Crippen molar-refractivity contribution in [1.29, 1.82) is 0 Å². The van der Waals surface area contributed by atoms with Crippen molar-refractivity contribution in [1.82, 2.24) is 0 Å². The number of hydrogen-bond donors (Lipinski definition) is 1. The number of methoxy groups -OCH3 is 2. The molecule has 0 amide bonds. The van der Waals surface area contributed by atoms with Crippen LogP contribution >= 0.6 is 0 Å². The third kappa shape index (κ3) is 1.60. The fourth-order valence-corrected chi connectivity index (χ4v) is 1.87. The molecule has 0 aliphatic carbocycles. The van der Waals surface area contributed by atoms with Gasteiger partial charge in [-0.3, -0.25) is 0 Å². The van der Waals surface area contributed by atoms with E-state index in [1.165, 1.54) is 20.5 Å². The lowest BCUT2D eigenvalue weighted by Gasteiger charge is -2.13. The lowest BCUT2D eigenvalue weighted by molar-refractivity contribution is -0.107. The fourth-order valence-electron chi connectivity index (χ4n) is 1.87. The summed E-state index contributed by atoms with van der Waals surface area (Å²) in [6.45, 7) is 0. The molecule has 0 bridgehead atoms. The van der Waals surface area contributed by atoms with Gasteiger partial charge in [-0.2, -0.15) is 0 Å². The number of ether oxygens (including phenoxy) is 2. The number of carbonyl (C=O) groups excluding carboxylic acids is 1. The van der Waals surface area contributed by atoms with E-state index < -0.39 is 0 Å². The number of furan rings is 1. The Balaban J connectivity index is 2.85. The zero-order valence-electron chi connectivity index (χ0n) is 9.52. The molecule has 0 aliphatic heterocycles. The summed E-state index contributed by atoms with van der Waals surface area (Å²) in [4.78, 5) is 10.6. The minimum Gasteiger partial charge on any atom is -0.504 e. The molecule has 1 N–H and O–H groups in total. The van der Waals surface area contributed by atoms with Crippen LogP contribution in [-0.4, -0.2) is 25.6 Å². The third-order valence-electron chi connectivity index (χ3n) is 2.59. The van der Waals surface area contributed by atoms with Crippen LogP contribution in [0.1, 0.15) is 5.56 Å². The van der Waals surface area contributed by atoms with Gasteiger partial charge in [-0.15, -0.1) is 0 Å². The van der Waals surface area contributed by atoms with Gasteiger partial charge in [0.05, 0.1) is 25.9 Å². The molecule has 5 heteroatoms. The molecule has 1 aromatic carbocycles. The smallest absolute Gasteiger partial charge is 0.204 e. The van der Waals surface area contributed by atoms with Crippen LogP contribution in [0, 0.1) is 0 Å². The summed E-state index contributed by atoms with van der Waals surface area (Å²) < 4.78 is 15.5. The van der Waals surface area contributed by atoms with E-state index in [1.807, 2.05) is 0 Å². The van der Waals surface area contributed by atoms with Crippen LogP contribution in [0.3, 0.4) is 0 Å². The van der Waals surface area contributed by atoms with Gasteiger partial charge in [-0.25, -0.2) is 0 Å². The number of benzene rings is 1. The molecule has 0 aliphatic rings. The quantitative estimate of drug-likeness (QED) is 0.821. The van der Waals surface area contributed by atoms with Crippen molar-refractivity contribution < 1.29 is 23.8 Å². The van der Waals surface area contributed by atoms with Gasteiger partial charge in [-0.1, -0.05) is 0 Å². The van der Waals surface area contributed by atoms with E-state index in [4.69, 9.17) is 13.9 Å². The Hall–Kier alpha value is -2.17. The second kappa shape index (κ2) is 4.37. The highest BCUT2D eigenvalue weighted by Gasteiger charge is 2.22. The summed E-state index contributed by atoms with van der Waals surface area (Å²) >= 11 is 0. The van der Waals surface area contributed by atoms with Crippen LogP contribution in [0.4, 0.5) is 0 Å². The first-order valence-corrected chi connectivity index (χ1v) is 5.01. The molecule has 0 radical (unpaired) electrons. The standard InChI is InChI=1S/C12H12O5/c1-15-10-7(3-5-13)9(14)12(16-2)11-8(10)4-6-17-11/h4-6,14H,3H2,1-2H3. The van der Waals surface area contributed by atoms with Crippen LogP contribution in [0.5, 0.6) is 17.2 Å². The number of hydrogen-bond acceptors (Lipinski definition) is 5. The van der Waals surface area contributed by atoms with E-state index in [-0.39, 0.29) is 17.9 Å². The van der Waals surface area contributed by atoms with Crippen molar-refractivity contribution in [2.75, 3.05) is 14.2 Å². The summed E-state index contributed by atoms with van der Waals surface area (Å²) in [5.41, 5.74) is 0.796. The van der Waals surface area contributed by atoms with Gasteiger partial charge in [-0.05, 0) is 6.07 Å². The van der Waals surface area contributed by atoms with Crippen LogP contribution < -0.4 is 9.47 Å². The van der Waals surface area contributed by atoms with Gasteiger partial charge in [0.15, 0.2) is 11.3 Å². The molecule has 1 heterocycles. The number of aromatic hydroxyl groups is 1. The van der Waals surface area contributed by atoms with Gasteiger partial charge in [0.2, 0.25) is 5.75 Å². The minimum atomic E-state index is -0.126. The number of phenols is 1. The van der Waals surface area contributed by atoms with E-state index >= 15 is 0 Å². The first kappa shape index (κ1) is 11.3. The molecular weight excluding hydrogens is 224 g/mol. The van der Waals surface area contributed by atoms with Crippen molar-refractivity contribution in [3.05, 3.63) is 17.9 Å². The highest BCUT2D eigenvalue weighted by Crippen LogP contribution is 2.45. The maximum absolute atomic E-state index is 10.6. The average Bonchev–Trinajstić information content (AvgIpc) is 2.79. The largest absolute Gasteiger partial charge is 0.504 e. The molecule has 0 unspecified atom stereocenters. The SMILES string of the molecule is COc1c(CC=O)c(O)c(OC)c2occc12. The Bertz CT molecular complexity index is 556. The highest BCUT2D eigenvalue weighted by molar-refractivity contribution is 5.94. The van der Waals surface area contributed by atoms with Crippen LogP contribution in [0.15, 0.2) is 16.7 Å². The van der Waals surface area contributed by atoms with Gasteiger partial charge in [0.25, 0.3) is 0 Å². The van der Waals surface area contributed by atoms with Crippen LogP contribution in [-0.2, 0) is 11.2 Å². The highest BCUT2D eigenvalue weighted by atomic mass is 16.5. The second-order valence-corrected chi connectivity index (χ2v) is 3.43. The Kier molecular flexibility index (Phi) is 2.91. The zero-order chi connectivity index (χ0) is 12.4. The minimum absolute atomic E-state index is 0.0481. The molecule has 0 fully saturated rings. The molecule has 0 atom stereocenters. The normalized spacial score (nSPS) is 10.5. The average molecular weight is 236 g/mol. The maximum Gasteiger partial charge on any atom is 0.204 e. The number of fused-ring (bicyclic) bond motifs is 1. The Morgan fingerprint density at radius 3 is 2.65 bits per heavy atom. The number of phenolic OH excluding ortho intramolecular Hbond substituents is 1. The van der Waals surface area contributed by atoms with Crippen molar-refractivity contribution >= 4 is 17.3 Å². The molecule has 2 aromatic rings. The number of carbonyl (C=O) groups is 1. The van der Waals surface area contributed by atoms with Crippen molar-refractivity contribution in [2.45, 2.75) is 6.42 Å². The predicted molar refractivity (Wildman–Crippen MR) is 60.8 cm³/mol. The van der Waals surface area contributed by atoms with Gasteiger partial charge in [0, 0.05) is 12.0 Å². The van der Waals surface area contributed by atoms with E-state index in [2.05, 4.69) is 0 Å². The molecule has 0 saturated carbocycles.